The summed E-state index contributed by atoms with van der Waals surface area (Å²) in [4.78, 5) is 7.37. The maximum atomic E-state index is 5.19. The van der Waals surface area contributed by atoms with Crippen molar-refractivity contribution in [3.63, 3.8) is 0 Å². The number of H-pyrrole nitrogens is 1. The van der Waals surface area contributed by atoms with Crippen LogP contribution in [0.4, 0.5) is 0 Å². The molecular formula is C14H10N2S. The van der Waals surface area contributed by atoms with Gasteiger partial charge in [-0.15, -0.1) is 0 Å². The summed E-state index contributed by atoms with van der Waals surface area (Å²) in [7, 11) is 0. The minimum atomic E-state index is 0.838. The Balaban J connectivity index is 2.34. The molecule has 0 bridgehead atoms. The van der Waals surface area contributed by atoms with E-state index in [1.807, 2.05) is 42.9 Å². The van der Waals surface area contributed by atoms with Gasteiger partial charge in [0.15, 0.2) is 0 Å². The SMILES string of the molecule is S=c1cc[nH]c(-c2cccc3cnccc23)c1. The first-order valence-electron chi connectivity index (χ1n) is 5.36. The van der Waals surface area contributed by atoms with Crippen LogP contribution in [0.15, 0.2) is 55.0 Å². The maximum absolute atomic E-state index is 5.19. The average molecular weight is 238 g/mol. The molecule has 17 heavy (non-hydrogen) atoms. The monoisotopic (exact) mass is 238 g/mol. The van der Waals surface area contributed by atoms with Gasteiger partial charge in [0, 0.05) is 39.7 Å². The summed E-state index contributed by atoms with van der Waals surface area (Å²) in [5.41, 5.74) is 2.19. The zero-order chi connectivity index (χ0) is 11.7. The third kappa shape index (κ3) is 1.85. The molecule has 3 aromatic rings. The number of rotatable bonds is 1. The number of pyridine rings is 2. The Morgan fingerprint density at radius 3 is 2.94 bits per heavy atom. The second kappa shape index (κ2) is 4.11. The average Bonchev–Trinajstić information content (AvgIpc) is 2.38. The smallest absolute Gasteiger partial charge is 0.0474 e. The van der Waals surface area contributed by atoms with Gasteiger partial charge in [-0.1, -0.05) is 30.4 Å². The molecule has 0 amide bonds. The highest BCUT2D eigenvalue weighted by Gasteiger charge is 2.03. The van der Waals surface area contributed by atoms with Gasteiger partial charge in [0.05, 0.1) is 0 Å². The molecule has 1 N–H and O–H groups in total. The lowest BCUT2D eigenvalue weighted by molar-refractivity contribution is 1.32. The molecule has 82 valence electrons. The van der Waals surface area contributed by atoms with Crippen LogP contribution in [0.25, 0.3) is 22.0 Å². The minimum absolute atomic E-state index is 0.838. The fourth-order valence-corrected chi connectivity index (χ4v) is 2.14. The minimum Gasteiger partial charge on any atom is -0.361 e. The van der Waals surface area contributed by atoms with Crippen molar-refractivity contribution in [2.24, 2.45) is 0 Å². The zero-order valence-corrected chi connectivity index (χ0v) is 9.87. The van der Waals surface area contributed by atoms with Crippen LogP contribution in [0.3, 0.4) is 0 Å². The Kier molecular flexibility index (Phi) is 2.46. The first kappa shape index (κ1) is 10.2. The molecule has 0 aliphatic heterocycles. The van der Waals surface area contributed by atoms with Crippen molar-refractivity contribution in [3.8, 4) is 11.3 Å². The van der Waals surface area contributed by atoms with Gasteiger partial charge < -0.3 is 4.98 Å². The summed E-state index contributed by atoms with van der Waals surface area (Å²) in [6.45, 7) is 0. The van der Waals surface area contributed by atoms with Crippen LogP contribution in [0, 0.1) is 4.51 Å². The molecule has 0 aliphatic rings. The highest BCUT2D eigenvalue weighted by Crippen LogP contribution is 2.26. The summed E-state index contributed by atoms with van der Waals surface area (Å²) < 4.78 is 0.838. The summed E-state index contributed by atoms with van der Waals surface area (Å²) >= 11 is 5.19. The number of nitrogens with zero attached hydrogens (tertiary/aromatic N) is 1. The fraction of sp³-hybridized carbons (Fsp3) is 0. The van der Waals surface area contributed by atoms with Gasteiger partial charge in [-0.25, -0.2) is 0 Å². The summed E-state index contributed by atoms with van der Waals surface area (Å²) in [6.07, 6.45) is 5.55. The number of aromatic amines is 1. The Hall–Kier alpha value is -2.00. The Bertz CT molecular complexity index is 726. The van der Waals surface area contributed by atoms with E-state index in [1.165, 1.54) is 5.39 Å². The van der Waals surface area contributed by atoms with Crippen LogP contribution >= 0.6 is 12.2 Å². The first-order chi connectivity index (χ1) is 8.34. The van der Waals surface area contributed by atoms with Crippen molar-refractivity contribution >= 4 is 23.0 Å². The molecular weight excluding hydrogens is 228 g/mol. The molecule has 2 nitrogen and oxygen atoms in total. The molecule has 0 aliphatic carbocycles. The van der Waals surface area contributed by atoms with Crippen LogP contribution in [-0.4, -0.2) is 9.97 Å². The van der Waals surface area contributed by atoms with Gasteiger partial charge in [0.25, 0.3) is 0 Å². The molecule has 1 aromatic carbocycles. The number of benzene rings is 1. The largest absolute Gasteiger partial charge is 0.361 e. The van der Waals surface area contributed by atoms with Crippen molar-refractivity contribution in [2.75, 3.05) is 0 Å². The van der Waals surface area contributed by atoms with Crippen LogP contribution in [0.5, 0.6) is 0 Å². The van der Waals surface area contributed by atoms with Crippen molar-refractivity contribution in [1.82, 2.24) is 9.97 Å². The van der Waals surface area contributed by atoms with E-state index < -0.39 is 0 Å². The van der Waals surface area contributed by atoms with Gasteiger partial charge in [0.1, 0.15) is 0 Å². The van der Waals surface area contributed by atoms with E-state index in [-0.39, 0.29) is 0 Å². The lowest BCUT2D eigenvalue weighted by Gasteiger charge is -2.06. The summed E-state index contributed by atoms with van der Waals surface area (Å²) in [5.74, 6) is 0. The van der Waals surface area contributed by atoms with Crippen LogP contribution in [0.1, 0.15) is 0 Å². The Morgan fingerprint density at radius 1 is 1.12 bits per heavy atom. The molecule has 0 saturated carbocycles. The van der Waals surface area contributed by atoms with Crippen LogP contribution in [0.2, 0.25) is 0 Å². The Morgan fingerprint density at radius 2 is 2.06 bits per heavy atom. The molecule has 2 heterocycles. The van der Waals surface area contributed by atoms with Gasteiger partial charge in [-0.2, -0.15) is 0 Å². The highest BCUT2D eigenvalue weighted by molar-refractivity contribution is 7.71. The van der Waals surface area contributed by atoms with E-state index in [0.29, 0.717) is 0 Å². The number of hydrogen-bond donors (Lipinski definition) is 1. The standard InChI is InChI=1S/C14H10N2S/c17-11-4-7-16-14(8-11)13-3-1-2-10-9-15-6-5-12(10)13/h1-9H,(H,16,17). The number of hydrogen-bond acceptors (Lipinski definition) is 2. The number of aromatic nitrogens is 2. The number of nitrogens with one attached hydrogen (secondary N) is 1. The summed E-state index contributed by atoms with van der Waals surface area (Å²) in [6, 6.07) is 12.1. The molecule has 0 spiro atoms. The topological polar surface area (TPSA) is 28.7 Å². The lowest BCUT2D eigenvalue weighted by Crippen LogP contribution is -1.85. The summed E-state index contributed by atoms with van der Waals surface area (Å²) in [5, 5.41) is 2.31. The van der Waals surface area contributed by atoms with Gasteiger partial charge in [0.2, 0.25) is 0 Å². The van der Waals surface area contributed by atoms with E-state index in [4.69, 9.17) is 12.2 Å². The molecule has 0 radical (unpaired) electrons. The second-order valence-electron chi connectivity index (χ2n) is 3.84. The number of fused-ring (bicyclic) bond motifs is 1. The zero-order valence-electron chi connectivity index (χ0n) is 9.05. The third-order valence-electron chi connectivity index (χ3n) is 2.74. The molecule has 0 atom stereocenters. The normalized spacial score (nSPS) is 10.6. The predicted octanol–water partition coefficient (Wildman–Crippen LogP) is 3.96. The van der Waals surface area contributed by atoms with E-state index in [9.17, 15) is 0 Å². The fourth-order valence-electron chi connectivity index (χ4n) is 1.96. The Labute approximate surface area is 104 Å². The molecule has 0 fully saturated rings. The highest BCUT2D eigenvalue weighted by atomic mass is 32.1. The quantitative estimate of drug-likeness (QED) is 0.650. The van der Waals surface area contributed by atoms with Crippen LogP contribution < -0.4 is 0 Å². The van der Waals surface area contributed by atoms with E-state index in [0.717, 1.165) is 21.2 Å². The molecule has 2 aromatic heterocycles. The van der Waals surface area contributed by atoms with Crippen molar-refractivity contribution in [3.05, 3.63) is 59.5 Å². The van der Waals surface area contributed by atoms with E-state index in [1.54, 1.807) is 0 Å². The van der Waals surface area contributed by atoms with E-state index >= 15 is 0 Å². The molecule has 3 rings (SSSR count). The van der Waals surface area contributed by atoms with Crippen molar-refractivity contribution < 1.29 is 0 Å². The first-order valence-corrected chi connectivity index (χ1v) is 5.77. The second-order valence-corrected chi connectivity index (χ2v) is 4.31. The molecule has 3 heteroatoms. The van der Waals surface area contributed by atoms with E-state index in [2.05, 4.69) is 22.1 Å². The van der Waals surface area contributed by atoms with Crippen molar-refractivity contribution in [2.45, 2.75) is 0 Å². The maximum Gasteiger partial charge on any atom is 0.0474 e. The van der Waals surface area contributed by atoms with Gasteiger partial charge in [-0.05, 0) is 23.6 Å². The van der Waals surface area contributed by atoms with Gasteiger partial charge >= 0.3 is 0 Å². The van der Waals surface area contributed by atoms with Crippen LogP contribution in [-0.2, 0) is 0 Å². The lowest BCUT2D eigenvalue weighted by atomic mass is 10.0. The molecule has 0 unspecified atom stereocenters. The third-order valence-corrected chi connectivity index (χ3v) is 3.00. The molecule has 0 saturated heterocycles. The van der Waals surface area contributed by atoms with Crippen molar-refractivity contribution in [1.29, 1.82) is 0 Å². The van der Waals surface area contributed by atoms with Gasteiger partial charge in [-0.3, -0.25) is 4.98 Å². The predicted molar refractivity (Wildman–Crippen MR) is 72.4 cm³/mol.